The van der Waals surface area contributed by atoms with Crippen molar-refractivity contribution >= 4 is 11.9 Å². The van der Waals surface area contributed by atoms with Crippen LogP contribution >= 0.6 is 0 Å². The predicted molar refractivity (Wildman–Crippen MR) is 73.7 cm³/mol. The van der Waals surface area contributed by atoms with Crippen molar-refractivity contribution in [3.63, 3.8) is 0 Å². The van der Waals surface area contributed by atoms with E-state index in [1.54, 1.807) is 0 Å². The summed E-state index contributed by atoms with van der Waals surface area (Å²) in [5, 5.41) is 5.83. The fourth-order valence-electron chi connectivity index (χ4n) is 2.55. The molecule has 0 spiro atoms. The molecule has 0 radical (unpaired) electrons. The van der Waals surface area contributed by atoms with E-state index in [0.29, 0.717) is 6.54 Å². The number of carbonyl (C=O) groups is 2. The molecule has 1 saturated heterocycles. The number of nitrogens with zero attached hydrogens (tertiary/aromatic N) is 1. The van der Waals surface area contributed by atoms with Gasteiger partial charge in [-0.25, -0.2) is 4.79 Å². The zero-order chi connectivity index (χ0) is 14.0. The molecule has 2 N–H and O–H groups in total. The van der Waals surface area contributed by atoms with Crippen molar-refractivity contribution in [3.05, 3.63) is 0 Å². The van der Waals surface area contributed by atoms with Gasteiger partial charge in [-0.2, -0.15) is 0 Å². The molecule has 1 aliphatic carbocycles. The van der Waals surface area contributed by atoms with Gasteiger partial charge in [-0.3, -0.25) is 4.79 Å². The highest BCUT2D eigenvalue weighted by molar-refractivity contribution is 5.80. The summed E-state index contributed by atoms with van der Waals surface area (Å²) in [6.45, 7) is 7.29. The van der Waals surface area contributed by atoms with E-state index in [1.807, 2.05) is 25.7 Å². The summed E-state index contributed by atoms with van der Waals surface area (Å²) >= 11 is 0. The van der Waals surface area contributed by atoms with Crippen molar-refractivity contribution in [2.45, 2.75) is 58.0 Å². The topological polar surface area (TPSA) is 61.4 Å². The van der Waals surface area contributed by atoms with E-state index >= 15 is 0 Å². The summed E-state index contributed by atoms with van der Waals surface area (Å²) in [4.78, 5) is 25.8. The number of carbonyl (C=O) groups excluding carboxylic acids is 2. The Hall–Kier alpha value is -1.26. The molecule has 1 aliphatic heterocycles. The third-order valence-corrected chi connectivity index (χ3v) is 3.78. The van der Waals surface area contributed by atoms with Gasteiger partial charge in [0.15, 0.2) is 0 Å². The largest absolute Gasteiger partial charge is 0.340 e. The summed E-state index contributed by atoms with van der Waals surface area (Å²) in [5.74, 6) is 0.536. The number of rotatable bonds is 2. The van der Waals surface area contributed by atoms with E-state index in [9.17, 15) is 9.59 Å². The standard InChI is InChI=1S/C14H25N3O2/c1-14(2,3)16-13(19)15-11-7-8-17(9-11)12(18)10-5-4-6-10/h10-11H,4-9H2,1-3H3,(H2,15,16,19)/t11-/m0/s1. The van der Waals surface area contributed by atoms with Gasteiger partial charge in [0.2, 0.25) is 5.91 Å². The lowest BCUT2D eigenvalue weighted by atomic mass is 9.84. The molecule has 0 unspecified atom stereocenters. The Labute approximate surface area is 115 Å². The van der Waals surface area contributed by atoms with Crippen LogP contribution in [0, 0.1) is 5.92 Å². The molecule has 2 aliphatic rings. The van der Waals surface area contributed by atoms with E-state index in [0.717, 1.165) is 25.8 Å². The summed E-state index contributed by atoms with van der Waals surface area (Å²) < 4.78 is 0. The first-order valence-corrected chi connectivity index (χ1v) is 7.22. The van der Waals surface area contributed by atoms with Crippen molar-refractivity contribution in [1.82, 2.24) is 15.5 Å². The molecule has 3 amide bonds. The number of hydrogen-bond donors (Lipinski definition) is 2. The normalized spacial score (nSPS) is 23.9. The van der Waals surface area contributed by atoms with Crippen molar-refractivity contribution in [3.8, 4) is 0 Å². The molecule has 0 aromatic carbocycles. The highest BCUT2D eigenvalue weighted by atomic mass is 16.2. The molecule has 1 saturated carbocycles. The molecular weight excluding hydrogens is 242 g/mol. The molecule has 108 valence electrons. The van der Waals surface area contributed by atoms with Crippen molar-refractivity contribution in [2.75, 3.05) is 13.1 Å². The Morgan fingerprint density at radius 1 is 1.16 bits per heavy atom. The Kier molecular flexibility index (Phi) is 4.02. The Balaban J connectivity index is 1.75. The highest BCUT2D eigenvalue weighted by Crippen LogP contribution is 2.29. The van der Waals surface area contributed by atoms with Gasteiger partial charge in [0.1, 0.15) is 0 Å². The Morgan fingerprint density at radius 2 is 1.84 bits per heavy atom. The molecule has 5 nitrogen and oxygen atoms in total. The second-order valence-corrected chi connectivity index (χ2v) is 6.75. The second kappa shape index (κ2) is 5.39. The van der Waals surface area contributed by atoms with Gasteiger partial charge in [-0.05, 0) is 40.0 Å². The van der Waals surface area contributed by atoms with E-state index in [2.05, 4.69) is 10.6 Å². The smallest absolute Gasteiger partial charge is 0.315 e. The predicted octanol–water partition coefficient (Wildman–Crippen LogP) is 1.49. The van der Waals surface area contributed by atoms with Crippen LogP contribution in [0.5, 0.6) is 0 Å². The average Bonchev–Trinajstić information content (AvgIpc) is 2.59. The minimum absolute atomic E-state index is 0.0892. The molecule has 2 rings (SSSR count). The fraction of sp³-hybridized carbons (Fsp3) is 0.857. The van der Waals surface area contributed by atoms with Crippen molar-refractivity contribution < 1.29 is 9.59 Å². The maximum absolute atomic E-state index is 12.1. The van der Waals surface area contributed by atoms with Crippen LogP contribution in [0.2, 0.25) is 0 Å². The SMILES string of the molecule is CC(C)(C)NC(=O)N[C@H]1CCN(C(=O)C2CCC2)C1. The molecule has 19 heavy (non-hydrogen) atoms. The molecule has 2 fully saturated rings. The van der Waals surface area contributed by atoms with E-state index in [4.69, 9.17) is 0 Å². The van der Waals surface area contributed by atoms with Crippen LogP contribution in [0.3, 0.4) is 0 Å². The van der Waals surface area contributed by atoms with Crippen LogP contribution in [-0.4, -0.2) is 41.5 Å². The van der Waals surface area contributed by atoms with Crippen LogP contribution < -0.4 is 10.6 Å². The quantitative estimate of drug-likeness (QED) is 0.796. The molecule has 5 heteroatoms. The van der Waals surface area contributed by atoms with Crippen LogP contribution in [0.15, 0.2) is 0 Å². The van der Waals surface area contributed by atoms with E-state index in [-0.39, 0.29) is 29.4 Å². The molecular formula is C14H25N3O2. The summed E-state index contributed by atoms with van der Waals surface area (Å²) in [6, 6.07) is -0.0539. The molecule has 1 heterocycles. The van der Waals surface area contributed by atoms with Crippen LogP contribution in [0.25, 0.3) is 0 Å². The Bertz CT molecular complexity index is 358. The lowest BCUT2D eigenvalue weighted by Crippen LogP contribution is -2.50. The van der Waals surface area contributed by atoms with Gasteiger partial charge >= 0.3 is 6.03 Å². The minimum Gasteiger partial charge on any atom is -0.340 e. The second-order valence-electron chi connectivity index (χ2n) is 6.75. The van der Waals surface area contributed by atoms with Gasteiger partial charge in [0.05, 0.1) is 0 Å². The zero-order valence-electron chi connectivity index (χ0n) is 12.2. The maximum atomic E-state index is 12.1. The molecule has 1 atom stereocenters. The first-order chi connectivity index (χ1) is 8.85. The third-order valence-electron chi connectivity index (χ3n) is 3.78. The maximum Gasteiger partial charge on any atom is 0.315 e. The van der Waals surface area contributed by atoms with Gasteiger partial charge in [-0.1, -0.05) is 6.42 Å². The van der Waals surface area contributed by atoms with Crippen molar-refractivity contribution in [2.24, 2.45) is 5.92 Å². The lowest BCUT2D eigenvalue weighted by molar-refractivity contribution is -0.137. The van der Waals surface area contributed by atoms with Crippen LogP contribution in [0.4, 0.5) is 4.79 Å². The number of urea groups is 1. The van der Waals surface area contributed by atoms with Crippen LogP contribution in [0.1, 0.15) is 46.5 Å². The molecule has 0 bridgehead atoms. The number of hydrogen-bond acceptors (Lipinski definition) is 2. The van der Waals surface area contributed by atoms with E-state index in [1.165, 1.54) is 6.42 Å². The molecule has 0 aromatic heterocycles. The summed E-state index contributed by atoms with van der Waals surface area (Å²) in [7, 11) is 0. The lowest BCUT2D eigenvalue weighted by Gasteiger charge is -2.29. The first-order valence-electron chi connectivity index (χ1n) is 7.22. The van der Waals surface area contributed by atoms with Gasteiger partial charge in [0, 0.05) is 30.6 Å². The van der Waals surface area contributed by atoms with Gasteiger partial charge < -0.3 is 15.5 Å². The van der Waals surface area contributed by atoms with E-state index < -0.39 is 0 Å². The zero-order valence-corrected chi connectivity index (χ0v) is 12.2. The fourth-order valence-corrected chi connectivity index (χ4v) is 2.55. The number of likely N-dealkylation sites (tertiary alicyclic amines) is 1. The van der Waals surface area contributed by atoms with Gasteiger partial charge in [0.25, 0.3) is 0 Å². The molecule has 0 aromatic rings. The van der Waals surface area contributed by atoms with Crippen molar-refractivity contribution in [1.29, 1.82) is 0 Å². The van der Waals surface area contributed by atoms with Gasteiger partial charge in [-0.15, -0.1) is 0 Å². The average molecular weight is 267 g/mol. The number of nitrogens with one attached hydrogen (secondary N) is 2. The summed E-state index contributed by atoms with van der Waals surface area (Å²) in [6.07, 6.45) is 4.12. The Morgan fingerprint density at radius 3 is 2.37 bits per heavy atom. The first kappa shape index (κ1) is 14.2. The number of amides is 3. The van der Waals surface area contributed by atoms with Crippen LogP contribution in [-0.2, 0) is 4.79 Å². The summed E-state index contributed by atoms with van der Waals surface area (Å²) in [5.41, 5.74) is -0.232. The third kappa shape index (κ3) is 3.85. The highest BCUT2D eigenvalue weighted by Gasteiger charge is 2.34. The monoisotopic (exact) mass is 267 g/mol. The minimum atomic E-state index is -0.232.